The van der Waals surface area contributed by atoms with Crippen molar-refractivity contribution in [2.75, 3.05) is 14.2 Å². The van der Waals surface area contributed by atoms with E-state index >= 15 is 0 Å². The lowest BCUT2D eigenvalue weighted by Gasteiger charge is -2.36. The second-order valence-electron chi connectivity index (χ2n) is 5.11. The van der Waals surface area contributed by atoms with Crippen LogP contribution < -0.4 is 0 Å². The molecule has 15 heavy (non-hydrogen) atoms. The second-order valence-corrected chi connectivity index (χ2v) is 9.84. The maximum Gasteiger partial charge on any atom is 0.304 e. The van der Waals surface area contributed by atoms with Crippen LogP contribution in [0.2, 0.25) is 18.1 Å². The summed E-state index contributed by atoms with van der Waals surface area (Å²) in [6.07, 6.45) is 0. The number of methoxy groups -OCH3 is 2. The third-order valence-electron chi connectivity index (χ3n) is 2.93. The van der Waals surface area contributed by atoms with Crippen LogP contribution in [0.15, 0.2) is 11.7 Å². The van der Waals surface area contributed by atoms with Crippen molar-refractivity contribution in [3.05, 3.63) is 11.7 Å². The zero-order valence-corrected chi connectivity index (χ0v) is 12.2. The number of hydrogen-bond donors (Lipinski definition) is 0. The van der Waals surface area contributed by atoms with Gasteiger partial charge in [-0.3, -0.25) is 0 Å². The van der Waals surface area contributed by atoms with Crippen molar-refractivity contribution in [1.29, 1.82) is 0 Å². The quantitative estimate of drug-likeness (QED) is 0.548. The van der Waals surface area contributed by atoms with Crippen molar-refractivity contribution in [2.45, 2.75) is 45.8 Å². The molecule has 0 radical (unpaired) electrons. The average molecular weight is 232 g/mol. The smallest absolute Gasteiger partial charge is 0.304 e. The second kappa shape index (κ2) is 4.92. The van der Waals surface area contributed by atoms with Gasteiger partial charge in [0.2, 0.25) is 0 Å². The van der Waals surface area contributed by atoms with E-state index in [9.17, 15) is 0 Å². The molecule has 0 aliphatic heterocycles. The summed E-state index contributed by atoms with van der Waals surface area (Å²) < 4.78 is 16.3. The Morgan fingerprint density at radius 1 is 1.00 bits per heavy atom. The number of ether oxygens (including phenoxy) is 2. The summed E-state index contributed by atoms with van der Waals surface area (Å²) >= 11 is 0. The highest BCUT2D eigenvalue weighted by atomic mass is 28.4. The first-order valence-corrected chi connectivity index (χ1v) is 8.04. The van der Waals surface area contributed by atoms with Crippen molar-refractivity contribution in [3.8, 4) is 0 Å². The first kappa shape index (κ1) is 14.4. The van der Waals surface area contributed by atoms with Crippen LogP contribution in [0.3, 0.4) is 0 Å². The first-order chi connectivity index (χ1) is 6.65. The van der Waals surface area contributed by atoms with Crippen molar-refractivity contribution >= 4 is 8.32 Å². The molecule has 0 heterocycles. The van der Waals surface area contributed by atoms with Gasteiger partial charge in [0.15, 0.2) is 5.76 Å². The minimum absolute atomic E-state index is 0.158. The average Bonchev–Trinajstić information content (AvgIpc) is 2.11. The van der Waals surface area contributed by atoms with Gasteiger partial charge in [-0.05, 0) is 18.1 Å². The zero-order chi connectivity index (χ0) is 12.3. The molecule has 0 aliphatic rings. The lowest BCUT2D eigenvalue weighted by atomic mass is 10.2. The summed E-state index contributed by atoms with van der Waals surface area (Å²) in [6.45, 7) is 12.8. The van der Waals surface area contributed by atoms with Crippen molar-refractivity contribution in [2.24, 2.45) is 0 Å². The highest BCUT2D eigenvalue weighted by Crippen LogP contribution is 2.38. The molecule has 0 unspecified atom stereocenters. The number of hydrogen-bond acceptors (Lipinski definition) is 3. The van der Waals surface area contributed by atoms with Crippen molar-refractivity contribution in [3.63, 3.8) is 0 Å². The molecule has 0 atom stereocenters. The summed E-state index contributed by atoms with van der Waals surface area (Å²) in [5.74, 6) is 1.19. The van der Waals surface area contributed by atoms with Gasteiger partial charge in [-0.25, -0.2) is 0 Å². The molecular weight excluding hydrogens is 208 g/mol. The van der Waals surface area contributed by atoms with E-state index in [1.807, 2.05) is 6.92 Å². The minimum Gasteiger partial charge on any atom is -0.517 e. The van der Waals surface area contributed by atoms with Crippen LogP contribution in [0.1, 0.15) is 27.7 Å². The molecule has 0 aromatic rings. The Morgan fingerprint density at radius 2 is 1.47 bits per heavy atom. The molecule has 90 valence electrons. The Hall–Kier alpha value is -0.643. The molecule has 0 saturated heterocycles. The van der Waals surface area contributed by atoms with Gasteiger partial charge in [0.1, 0.15) is 0 Å². The molecule has 0 aromatic carbocycles. The molecule has 0 bridgehead atoms. The van der Waals surface area contributed by atoms with E-state index in [-0.39, 0.29) is 5.04 Å². The topological polar surface area (TPSA) is 27.7 Å². The first-order valence-electron chi connectivity index (χ1n) is 5.13. The molecular formula is C11H24O3Si. The van der Waals surface area contributed by atoms with Gasteiger partial charge in [0, 0.05) is 6.92 Å². The molecule has 3 nitrogen and oxygen atoms in total. The summed E-state index contributed by atoms with van der Waals surface area (Å²) in [5.41, 5.74) is 0. The fourth-order valence-electron chi connectivity index (χ4n) is 0.725. The monoisotopic (exact) mass is 232 g/mol. The summed E-state index contributed by atoms with van der Waals surface area (Å²) in [4.78, 5) is 0. The molecule has 0 amide bonds. The largest absolute Gasteiger partial charge is 0.517 e. The van der Waals surface area contributed by atoms with Gasteiger partial charge >= 0.3 is 5.95 Å². The van der Waals surface area contributed by atoms with Gasteiger partial charge in [-0.2, -0.15) is 0 Å². The Bertz CT molecular complexity index is 239. The molecule has 0 fully saturated rings. The van der Waals surface area contributed by atoms with E-state index in [1.54, 1.807) is 14.2 Å². The van der Waals surface area contributed by atoms with E-state index in [1.165, 1.54) is 0 Å². The zero-order valence-electron chi connectivity index (χ0n) is 11.2. The molecule has 4 heteroatoms. The van der Waals surface area contributed by atoms with E-state index in [0.29, 0.717) is 11.7 Å². The maximum absolute atomic E-state index is 5.98. The highest BCUT2D eigenvalue weighted by molar-refractivity contribution is 6.74. The van der Waals surface area contributed by atoms with Crippen molar-refractivity contribution in [1.82, 2.24) is 0 Å². The lowest BCUT2D eigenvalue weighted by Crippen LogP contribution is -2.40. The van der Waals surface area contributed by atoms with E-state index in [4.69, 9.17) is 13.9 Å². The summed E-state index contributed by atoms with van der Waals surface area (Å²) in [5, 5.41) is 0.158. The predicted octanol–water partition coefficient (Wildman–Crippen LogP) is 3.49. The Balaban J connectivity index is 4.85. The number of rotatable bonds is 4. The van der Waals surface area contributed by atoms with Gasteiger partial charge in [0.05, 0.1) is 14.2 Å². The Kier molecular flexibility index (Phi) is 4.71. The normalized spacial score (nSPS) is 14.4. The van der Waals surface area contributed by atoms with Crippen molar-refractivity contribution < 1.29 is 13.9 Å². The highest BCUT2D eigenvalue weighted by Gasteiger charge is 2.40. The Morgan fingerprint density at radius 3 is 1.73 bits per heavy atom. The SMILES string of the molecule is COC(C)=C(OC)O[Si](C)(C)C(C)(C)C. The van der Waals surface area contributed by atoms with E-state index in [2.05, 4.69) is 33.9 Å². The Labute approximate surface area is 94.5 Å². The van der Waals surface area contributed by atoms with Gasteiger partial charge in [-0.1, -0.05) is 20.8 Å². The molecule has 0 saturated carbocycles. The van der Waals surface area contributed by atoms with Gasteiger partial charge in [-0.15, -0.1) is 0 Å². The molecule has 0 N–H and O–H groups in total. The van der Waals surface area contributed by atoms with Crippen LogP contribution >= 0.6 is 0 Å². The van der Waals surface area contributed by atoms with Crippen LogP contribution in [-0.4, -0.2) is 22.5 Å². The fraction of sp³-hybridized carbons (Fsp3) is 0.818. The summed E-state index contributed by atoms with van der Waals surface area (Å²) in [7, 11) is 1.39. The van der Waals surface area contributed by atoms with Crippen LogP contribution in [0, 0.1) is 0 Å². The molecule has 0 aromatic heterocycles. The van der Waals surface area contributed by atoms with Crippen LogP contribution in [0.5, 0.6) is 0 Å². The molecule has 0 rings (SSSR count). The lowest BCUT2D eigenvalue weighted by molar-refractivity contribution is 0.108. The molecule has 0 spiro atoms. The third-order valence-corrected chi connectivity index (χ3v) is 7.24. The summed E-state index contributed by atoms with van der Waals surface area (Å²) in [6, 6.07) is 0. The van der Waals surface area contributed by atoms with E-state index in [0.717, 1.165) is 0 Å². The van der Waals surface area contributed by atoms with E-state index < -0.39 is 8.32 Å². The van der Waals surface area contributed by atoms with Crippen LogP contribution in [-0.2, 0) is 13.9 Å². The van der Waals surface area contributed by atoms with Crippen LogP contribution in [0.4, 0.5) is 0 Å². The van der Waals surface area contributed by atoms with Gasteiger partial charge in [0.25, 0.3) is 8.32 Å². The fourth-order valence-corrected chi connectivity index (χ4v) is 1.72. The van der Waals surface area contributed by atoms with Gasteiger partial charge < -0.3 is 13.9 Å². The number of allylic oxidation sites excluding steroid dienone is 1. The minimum atomic E-state index is -1.83. The maximum atomic E-state index is 5.98. The standard InChI is InChI=1S/C11H24O3Si/c1-9(12-5)10(13-6)14-15(7,8)11(2,3)4/h1-8H3. The molecule has 0 aliphatic carbocycles. The third kappa shape index (κ3) is 3.78. The van der Waals surface area contributed by atoms with Crippen LogP contribution in [0.25, 0.3) is 0 Å². The predicted molar refractivity (Wildman–Crippen MR) is 65.0 cm³/mol.